The van der Waals surface area contributed by atoms with Gasteiger partial charge >= 0.3 is 5.97 Å². The molecule has 0 radical (unpaired) electrons. The van der Waals surface area contributed by atoms with Gasteiger partial charge in [0.25, 0.3) is 0 Å². The molecule has 4 nitrogen and oxygen atoms in total. The Kier molecular flexibility index (Phi) is 7.69. The Bertz CT molecular complexity index is 717. The largest absolute Gasteiger partial charge is 0.479 e. The van der Waals surface area contributed by atoms with Crippen molar-refractivity contribution in [2.24, 2.45) is 0 Å². The predicted molar refractivity (Wildman–Crippen MR) is 108 cm³/mol. The molecule has 0 bridgehead atoms. The molecule has 27 heavy (non-hydrogen) atoms. The second-order valence-corrected chi connectivity index (χ2v) is 7.93. The SMILES string of the molecule is CC(C)(C)c1ccc(OC(CCOCCc2ccc(Cl)cc2)C(=O)O)cc1. The fourth-order valence-electron chi connectivity index (χ4n) is 2.56. The molecule has 0 aromatic heterocycles. The standard InChI is InChI=1S/C22H27ClO4/c1-22(2,3)17-6-10-19(11-7-17)27-20(21(24)25)13-15-26-14-12-16-4-8-18(23)9-5-16/h4-11,20H,12-15H2,1-3H3,(H,24,25). The first-order valence-electron chi connectivity index (χ1n) is 9.08. The van der Waals surface area contributed by atoms with Gasteiger partial charge < -0.3 is 14.6 Å². The monoisotopic (exact) mass is 390 g/mol. The maximum Gasteiger partial charge on any atom is 0.344 e. The molecule has 0 spiro atoms. The van der Waals surface area contributed by atoms with Gasteiger partial charge in [0.15, 0.2) is 6.10 Å². The molecule has 1 atom stereocenters. The molecule has 2 aromatic rings. The van der Waals surface area contributed by atoms with Gasteiger partial charge in [-0.15, -0.1) is 0 Å². The van der Waals surface area contributed by atoms with Gasteiger partial charge in [0, 0.05) is 11.4 Å². The molecule has 0 fully saturated rings. The summed E-state index contributed by atoms with van der Waals surface area (Å²) in [5.74, 6) is -0.437. The molecule has 1 unspecified atom stereocenters. The van der Waals surface area contributed by atoms with E-state index in [0.717, 1.165) is 12.0 Å². The predicted octanol–water partition coefficient (Wildman–Crippen LogP) is 5.12. The average molecular weight is 391 g/mol. The number of halogens is 1. The zero-order valence-corrected chi connectivity index (χ0v) is 16.8. The zero-order chi connectivity index (χ0) is 19.9. The summed E-state index contributed by atoms with van der Waals surface area (Å²) >= 11 is 5.86. The molecule has 0 saturated heterocycles. The molecule has 0 aliphatic heterocycles. The normalized spacial score (nSPS) is 12.6. The van der Waals surface area contributed by atoms with Crippen molar-refractivity contribution in [2.75, 3.05) is 13.2 Å². The molecule has 2 rings (SSSR count). The molecule has 0 amide bonds. The summed E-state index contributed by atoms with van der Waals surface area (Å²) in [7, 11) is 0. The summed E-state index contributed by atoms with van der Waals surface area (Å²) in [6, 6.07) is 15.2. The van der Waals surface area contributed by atoms with Crippen LogP contribution in [0.5, 0.6) is 5.75 Å². The van der Waals surface area contributed by atoms with E-state index < -0.39 is 12.1 Å². The van der Waals surface area contributed by atoms with Gasteiger partial charge in [0.2, 0.25) is 0 Å². The van der Waals surface area contributed by atoms with Crippen LogP contribution >= 0.6 is 11.6 Å². The van der Waals surface area contributed by atoms with Crippen LogP contribution in [-0.4, -0.2) is 30.4 Å². The van der Waals surface area contributed by atoms with Crippen molar-refractivity contribution in [3.05, 3.63) is 64.7 Å². The van der Waals surface area contributed by atoms with Crippen LogP contribution < -0.4 is 4.74 Å². The van der Waals surface area contributed by atoms with E-state index in [1.165, 1.54) is 5.56 Å². The summed E-state index contributed by atoms with van der Waals surface area (Å²) < 4.78 is 11.2. The summed E-state index contributed by atoms with van der Waals surface area (Å²) in [6.07, 6.45) is 0.113. The minimum absolute atomic E-state index is 0.0443. The fourth-order valence-corrected chi connectivity index (χ4v) is 2.69. The third kappa shape index (κ3) is 7.24. The van der Waals surface area contributed by atoms with E-state index in [4.69, 9.17) is 21.1 Å². The molecule has 0 aliphatic carbocycles. The minimum Gasteiger partial charge on any atom is -0.479 e. The summed E-state index contributed by atoms with van der Waals surface area (Å²) in [4.78, 5) is 11.5. The van der Waals surface area contributed by atoms with Crippen molar-refractivity contribution >= 4 is 17.6 Å². The molecule has 1 N–H and O–H groups in total. The van der Waals surface area contributed by atoms with Gasteiger partial charge in [-0.3, -0.25) is 0 Å². The van der Waals surface area contributed by atoms with E-state index in [0.29, 0.717) is 24.0 Å². The third-order valence-corrected chi connectivity index (χ3v) is 4.50. The second kappa shape index (κ2) is 9.77. The topological polar surface area (TPSA) is 55.8 Å². The van der Waals surface area contributed by atoms with Crippen LogP contribution in [0.25, 0.3) is 0 Å². The van der Waals surface area contributed by atoms with Crippen molar-refractivity contribution in [1.82, 2.24) is 0 Å². The highest BCUT2D eigenvalue weighted by atomic mass is 35.5. The van der Waals surface area contributed by atoms with E-state index in [1.54, 1.807) is 0 Å². The molecular weight excluding hydrogens is 364 g/mol. The Morgan fingerprint density at radius 3 is 2.22 bits per heavy atom. The first-order valence-corrected chi connectivity index (χ1v) is 9.46. The zero-order valence-electron chi connectivity index (χ0n) is 16.1. The Morgan fingerprint density at radius 1 is 1.04 bits per heavy atom. The highest BCUT2D eigenvalue weighted by molar-refractivity contribution is 6.30. The Hall–Kier alpha value is -2.04. The second-order valence-electron chi connectivity index (χ2n) is 7.50. The van der Waals surface area contributed by atoms with Gasteiger partial charge in [0.1, 0.15) is 5.75 Å². The van der Waals surface area contributed by atoms with Crippen LogP contribution in [0.3, 0.4) is 0 Å². The smallest absolute Gasteiger partial charge is 0.344 e. The molecule has 0 aliphatic rings. The first-order chi connectivity index (χ1) is 12.8. The number of carbonyl (C=O) groups is 1. The van der Waals surface area contributed by atoms with E-state index in [-0.39, 0.29) is 11.8 Å². The number of hydrogen-bond acceptors (Lipinski definition) is 3. The van der Waals surface area contributed by atoms with Crippen LogP contribution in [0.15, 0.2) is 48.5 Å². The van der Waals surface area contributed by atoms with E-state index in [1.807, 2.05) is 48.5 Å². The van der Waals surface area contributed by atoms with Gasteiger partial charge in [-0.1, -0.05) is 56.6 Å². The Labute approximate surface area is 166 Å². The van der Waals surface area contributed by atoms with E-state index in [9.17, 15) is 9.90 Å². The summed E-state index contributed by atoms with van der Waals surface area (Å²) in [6.45, 7) is 7.23. The number of hydrogen-bond donors (Lipinski definition) is 1. The summed E-state index contributed by atoms with van der Waals surface area (Å²) in [5, 5.41) is 10.1. The molecule has 146 valence electrons. The van der Waals surface area contributed by atoms with Gasteiger partial charge in [-0.25, -0.2) is 4.79 Å². The number of ether oxygens (including phenoxy) is 2. The van der Waals surface area contributed by atoms with Gasteiger partial charge in [-0.2, -0.15) is 0 Å². The van der Waals surface area contributed by atoms with Crippen LogP contribution in [0.1, 0.15) is 38.3 Å². The van der Waals surface area contributed by atoms with E-state index in [2.05, 4.69) is 20.8 Å². The number of aliphatic carboxylic acids is 1. The Morgan fingerprint density at radius 2 is 1.67 bits per heavy atom. The maximum atomic E-state index is 11.5. The van der Waals surface area contributed by atoms with Crippen LogP contribution in [0.4, 0.5) is 0 Å². The summed E-state index contributed by atoms with van der Waals surface area (Å²) in [5.41, 5.74) is 2.35. The number of benzene rings is 2. The lowest BCUT2D eigenvalue weighted by Crippen LogP contribution is -2.28. The lowest BCUT2D eigenvalue weighted by atomic mass is 9.87. The highest BCUT2D eigenvalue weighted by Crippen LogP contribution is 2.25. The van der Waals surface area contributed by atoms with Crippen molar-refractivity contribution in [3.63, 3.8) is 0 Å². The molecule has 2 aromatic carbocycles. The molecule has 0 heterocycles. The van der Waals surface area contributed by atoms with Crippen molar-refractivity contribution in [1.29, 1.82) is 0 Å². The average Bonchev–Trinajstić information content (AvgIpc) is 2.61. The van der Waals surface area contributed by atoms with Gasteiger partial charge in [0.05, 0.1) is 13.2 Å². The number of rotatable bonds is 9. The maximum absolute atomic E-state index is 11.5. The van der Waals surface area contributed by atoms with Crippen LogP contribution in [0.2, 0.25) is 5.02 Å². The third-order valence-electron chi connectivity index (χ3n) is 4.25. The number of carboxylic acid groups (broad SMARTS) is 1. The first kappa shape index (κ1) is 21.3. The van der Waals surface area contributed by atoms with Crippen molar-refractivity contribution < 1.29 is 19.4 Å². The van der Waals surface area contributed by atoms with E-state index >= 15 is 0 Å². The molecule has 5 heteroatoms. The van der Waals surface area contributed by atoms with Gasteiger partial charge in [-0.05, 0) is 47.2 Å². The fraction of sp³-hybridized carbons (Fsp3) is 0.409. The minimum atomic E-state index is -0.990. The lowest BCUT2D eigenvalue weighted by Gasteiger charge is -2.20. The van der Waals surface area contributed by atoms with Crippen LogP contribution in [-0.2, 0) is 21.4 Å². The van der Waals surface area contributed by atoms with Crippen molar-refractivity contribution in [2.45, 2.75) is 45.1 Å². The number of carboxylic acids is 1. The van der Waals surface area contributed by atoms with Crippen LogP contribution in [0, 0.1) is 0 Å². The quantitative estimate of drug-likeness (QED) is 0.604. The van der Waals surface area contributed by atoms with Crippen molar-refractivity contribution in [3.8, 4) is 5.75 Å². The molecule has 0 saturated carbocycles. The Balaban J connectivity index is 1.78. The lowest BCUT2D eigenvalue weighted by molar-refractivity contribution is -0.146. The molecular formula is C22H27ClO4. The highest BCUT2D eigenvalue weighted by Gasteiger charge is 2.20.